The summed E-state index contributed by atoms with van der Waals surface area (Å²) in [5.41, 5.74) is 2.50. The van der Waals surface area contributed by atoms with Crippen LogP contribution in [0, 0.1) is 6.92 Å². The molecule has 1 aromatic rings. The van der Waals surface area contributed by atoms with Crippen molar-refractivity contribution in [2.24, 2.45) is 0 Å². The van der Waals surface area contributed by atoms with Crippen molar-refractivity contribution in [3.63, 3.8) is 0 Å². The highest BCUT2D eigenvalue weighted by atomic mass is 35.5. The molecule has 0 fully saturated rings. The van der Waals surface area contributed by atoms with E-state index in [2.05, 4.69) is 0 Å². The molecule has 0 aliphatic heterocycles. The molecule has 0 radical (unpaired) electrons. The highest BCUT2D eigenvalue weighted by Crippen LogP contribution is 2.19. The fourth-order valence-corrected chi connectivity index (χ4v) is 1.19. The van der Waals surface area contributed by atoms with Crippen LogP contribution >= 0.6 is 12.4 Å². The number of anilines is 1. The zero-order chi connectivity index (χ0) is 9.14. The summed E-state index contributed by atoms with van der Waals surface area (Å²) < 4.78 is 0. The summed E-state index contributed by atoms with van der Waals surface area (Å²) in [5, 5.41) is 17.8. The Kier molecular flexibility index (Phi) is 4.77. The van der Waals surface area contributed by atoms with Crippen LogP contribution in [-0.4, -0.2) is 10.4 Å². The molecule has 0 aliphatic carbocycles. The molecular formula is C9H14ClNO2. The van der Waals surface area contributed by atoms with E-state index >= 15 is 0 Å². The van der Waals surface area contributed by atoms with Crippen molar-refractivity contribution in [2.45, 2.75) is 20.3 Å². The second-order valence-corrected chi connectivity index (χ2v) is 2.78. The molecule has 74 valence electrons. The molecule has 2 N–H and O–H groups in total. The number of hydrogen-bond acceptors (Lipinski definition) is 3. The third kappa shape index (κ3) is 2.88. The molecule has 0 saturated carbocycles. The molecule has 1 rings (SSSR count). The number of halogens is 1. The molecule has 0 spiro atoms. The number of aryl methyl sites for hydroxylation is 2. The summed E-state index contributed by atoms with van der Waals surface area (Å²) in [6.07, 6.45) is 0.786. The van der Waals surface area contributed by atoms with E-state index in [1.165, 1.54) is 0 Å². The Bertz CT molecular complexity index is 276. The Morgan fingerprint density at radius 2 is 1.92 bits per heavy atom. The molecule has 0 unspecified atom stereocenters. The predicted octanol–water partition coefficient (Wildman–Crippen LogP) is 2.56. The van der Waals surface area contributed by atoms with E-state index in [9.17, 15) is 0 Å². The standard InChI is InChI=1S/C9H13NO2.ClH/c1-3-8-6-7(2)4-5-9(8)10(11)12;/h4-6,11-12H,3H2,1-2H3;1H. The number of hydrogen-bond donors (Lipinski definition) is 2. The fourth-order valence-electron chi connectivity index (χ4n) is 1.19. The van der Waals surface area contributed by atoms with Gasteiger partial charge in [-0.15, -0.1) is 17.6 Å². The zero-order valence-corrected chi connectivity index (χ0v) is 8.51. The van der Waals surface area contributed by atoms with Gasteiger partial charge in [-0.1, -0.05) is 24.6 Å². The van der Waals surface area contributed by atoms with E-state index in [0.29, 0.717) is 5.69 Å². The minimum Gasteiger partial charge on any atom is -0.264 e. The van der Waals surface area contributed by atoms with Gasteiger partial charge in [-0.2, -0.15) is 0 Å². The van der Waals surface area contributed by atoms with Crippen LogP contribution in [0.3, 0.4) is 0 Å². The van der Waals surface area contributed by atoms with Crippen LogP contribution in [-0.2, 0) is 6.42 Å². The Hall–Kier alpha value is -0.770. The number of nitrogens with zero attached hydrogens (tertiary/aromatic N) is 1. The van der Waals surface area contributed by atoms with E-state index in [4.69, 9.17) is 10.4 Å². The van der Waals surface area contributed by atoms with E-state index < -0.39 is 0 Å². The molecule has 4 heteroatoms. The van der Waals surface area contributed by atoms with E-state index in [0.717, 1.165) is 17.5 Å². The first-order valence-corrected chi connectivity index (χ1v) is 3.92. The quantitative estimate of drug-likeness (QED) is 0.727. The topological polar surface area (TPSA) is 43.7 Å². The minimum atomic E-state index is 0. The predicted molar refractivity (Wildman–Crippen MR) is 53.9 cm³/mol. The van der Waals surface area contributed by atoms with Gasteiger partial charge < -0.3 is 0 Å². The molecule has 0 bridgehead atoms. The molecule has 0 aliphatic rings. The van der Waals surface area contributed by atoms with Crippen molar-refractivity contribution in [3.05, 3.63) is 29.3 Å². The monoisotopic (exact) mass is 203 g/mol. The smallest absolute Gasteiger partial charge is 0.0974 e. The van der Waals surface area contributed by atoms with Crippen molar-refractivity contribution in [2.75, 3.05) is 5.23 Å². The molecular weight excluding hydrogens is 190 g/mol. The average Bonchev–Trinajstić information content (AvgIpc) is 2.03. The number of rotatable bonds is 2. The van der Waals surface area contributed by atoms with Gasteiger partial charge in [0.1, 0.15) is 0 Å². The third-order valence-electron chi connectivity index (χ3n) is 1.83. The van der Waals surface area contributed by atoms with Gasteiger partial charge in [0.15, 0.2) is 0 Å². The largest absolute Gasteiger partial charge is 0.264 e. The van der Waals surface area contributed by atoms with Crippen LogP contribution in [0.4, 0.5) is 5.69 Å². The maximum atomic E-state index is 8.82. The van der Waals surface area contributed by atoms with Gasteiger partial charge in [0, 0.05) is 0 Å². The van der Waals surface area contributed by atoms with Crippen LogP contribution in [0.2, 0.25) is 0 Å². The summed E-state index contributed by atoms with van der Waals surface area (Å²) in [6.45, 7) is 3.95. The maximum absolute atomic E-state index is 8.82. The lowest BCUT2D eigenvalue weighted by Gasteiger charge is -2.12. The van der Waals surface area contributed by atoms with Gasteiger partial charge in [0.2, 0.25) is 0 Å². The minimum absolute atomic E-state index is 0. The maximum Gasteiger partial charge on any atom is 0.0974 e. The molecule has 1 aromatic carbocycles. The van der Waals surface area contributed by atoms with Gasteiger partial charge in [0.25, 0.3) is 0 Å². The first-order chi connectivity index (χ1) is 5.65. The van der Waals surface area contributed by atoms with E-state index in [1.807, 2.05) is 26.0 Å². The lowest BCUT2D eigenvalue weighted by molar-refractivity contribution is 0.0287. The van der Waals surface area contributed by atoms with Crippen LogP contribution in [0.25, 0.3) is 0 Å². The van der Waals surface area contributed by atoms with Crippen LogP contribution in [0.5, 0.6) is 0 Å². The van der Waals surface area contributed by atoms with Crippen molar-refractivity contribution in [1.82, 2.24) is 0 Å². The molecule has 3 nitrogen and oxygen atoms in total. The third-order valence-corrected chi connectivity index (χ3v) is 1.83. The van der Waals surface area contributed by atoms with Crippen molar-refractivity contribution in [3.8, 4) is 0 Å². The average molecular weight is 204 g/mol. The summed E-state index contributed by atoms with van der Waals surface area (Å²) >= 11 is 0. The van der Waals surface area contributed by atoms with Crippen LogP contribution in [0.15, 0.2) is 18.2 Å². The van der Waals surface area contributed by atoms with Gasteiger partial charge in [-0.3, -0.25) is 10.4 Å². The lowest BCUT2D eigenvalue weighted by Crippen LogP contribution is -2.13. The van der Waals surface area contributed by atoms with Gasteiger partial charge in [-0.25, -0.2) is 0 Å². The lowest BCUT2D eigenvalue weighted by atomic mass is 10.1. The van der Waals surface area contributed by atoms with Crippen LogP contribution in [0.1, 0.15) is 18.1 Å². The van der Waals surface area contributed by atoms with Crippen molar-refractivity contribution >= 4 is 18.1 Å². The summed E-state index contributed by atoms with van der Waals surface area (Å²) in [4.78, 5) is 0. The Labute approximate surface area is 83.9 Å². The summed E-state index contributed by atoms with van der Waals surface area (Å²) in [7, 11) is 0. The van der Waals surface area contributed by atoms with Crippen molar-refractivity contribution in [1.29, 1.82) is 0 Å². The molecule has 0 atom stereocenters. The van der Waals surface area contributed by atoms with E-state index in [-0.39, 0.29) is 17.6 Å². The molecule has 0 aromatic heterocycles. The van der Waals surface area contributed by atoms with Crippen LogP contribution < -0.4 is 5.23 Å². The molecule has 0 heterocycles. The molecule has 0 saturated heterocycles. The Balaban J connectivity index is 0.00000144. The Morgan fingerprint density at radius 1 is 1.31 bits per heavy atom. The second-order valence-electron chi connectivity index (χ2n) is 2.78. The number of benzene rings is 1. The van der Waals surface area contributed by atoms with Crippen molar-refractivity contribution < 1.29 is 10.4 Å². The summed E-state index contributed by atoms with van der Waals surface area (Å²) in [6, 6.07) is 5.47. The van der Waals surface area contributed by atoms with Gasteiger partial charge in [0.05, 0.1) is 5.69 Å². The Morgan fingerprint density at radius 3 is 2.38 bits per heavy atom. The SMILES string of the molecule is CCc1cc(C)ccc1N(O)O.Cl. The highest BCUT2D eigenvalue weighted by Gasteiger charge is 2.04. The molecule has 13 heavy (non-hydrogen) atoms. The second kappa shape index (κ2) is 5.07. The van der Waals surface area contributed by atoms with E-state index in [1.54, 1.807) is 6.07 Å². The van der Waals surface area contributed by atoms with Gasteiger partial charge >= 0.3 is 0 Å². The zero-order valence-electron chi connectivity index (χ0n) is 7.69. The van der Waals surface area contributed by atoms with Gasteiger partial charge in [-0.05, 0) is 25.0 Å². The first kappa shape index (κ1) is 12.2. The molecule has 0 amide bonds. The summed E-state index contributed by atoms with van der Waals surface area (Å²) in [5.74, 6) is 0. The fraction of sp³-hybridized carbons (Fsp3) is 0.333. The normalized spacial score (nSPS) is 9.23. The first-order valence-electron chi connectivity index (χ1n) is 3.92. The highest BCUT2D eigenvalue weighted by molar-refractivity contribution is 5.85.